The van der Waals surface area contributed by atoms with Crippen LogP contribution in [0.25, 0.3) is 0 Å². The molecule has 0 aliphatic rings. The second-order valence-electron chi connectivity index (χ2n) is 19.5. The fourth-order valence-electron chi connectivity index (χ4n) is 5.65. The Morgan fingerprint density at radius 2 is 0.565 bits per heavy atom. The zero-order chi connectivity index (χ0) is 35.3. The fraction of sp³-hybridized carbons (Fsp3) is 0.545. The van der Waals surface area contributed by atoms with Crippen molar-refractivity contribution in [1.29, 1.82) is 0 Å². The molecule has 0 saturated carbocycles. The fourth-order valence-corrected chi connectivity index (χ4v) is 8.70. The van der Waals surface area contributed by atoms with Gasteiger partial charge in [-0.05, 0) is 88.6 Å². The Kier molecular flexibility index (Phi) is 11.0. The van der Waals surface area contributed by atoms with E-state index in [4.69, 9.17) is 0 Å². The summed E-state index contributed by atoms with van der Waals surface area (Å²) in [5, 5.41) is 2.93. The Hall–Kier alpha value is -2.00. The first-order valence-corrected chi connectivity index (χ1v) is 19.1. The van der Waals surface area contributed by atoms with E-state index in [1.165, 1.54) is 71.5 Å². The molecule has 0 saturated heterocycles. The average Bonchev–Trinajstić information content (AvgIpc) is 2.87. The summed E-state index contributed by atoms with van der Waals surface area (Å²) < 4.78 is 0. The number of rotatable bonds is 4. The minimum atomic E-state index is 0.0677. The van der Waals surface area contributed by atoms with Gasteiger partial charge in [0.1, 0.15) is 0 Å². The summed E-state index contributed by atoms with van der Waals surface area (Å²) in [7, 11) is 2.51. The van der Waals surface area contributed by atoms with Gasteiger partial charge in [-0.2, -0.15) is 0 Å². The van der Waals surface area contributed by atoms with E-state index in [1.807, 2.05) is 0 Å². The van der Waals surface area contributed by atoms with Gasteiger partial charge in [0.2, 0.25) is 0 Å². The molecule has 250 valence electrons. The first-order chi connectivity index (χ1) is 20.6. The topological polar surface area (TPSA) is 0 Å². The Labute approximate surface area is 287 Å². The summed E-state index contributed by atoms with van der Waals surface area (Å²) in [6.07, 6.45) is 0. The maximum atomic E-state index is 2.48. The molecule has 0 unspecified atom stereocenters. The molecule has 0 atom stereocenters. The Morgan fingerprint density at radius 3 is 0.739 bits per heavy atom. The Balaban J connectivity index is 2.08. The van der Waals surface area contributed by atoms with Crippen molar-refractivity contribution in [2.75, 3.05) is 0 Å². The van der Waals surface area contributed by atoms with Crippen LogP contribution in [0.3, 0.4) is 0 Å². The maximum absolute atomic E-state index is 2.48. The zero-order valence-electron chi connectivity index (χ0n) is 32.7. The van der Waals surface area contributed by atoms with E-state index in [2.05, 4.69) is 185 Å². The quantitative estimate of drug-likeness (QED) is 0.246. The normalized spacial score (nSPS) is 14.1. The molecule has 0 aliphatic heterocycles. The van der Waals surface area contributed by atoms with E-state index in [0.717, 1.165) is 0 Å². The summed E-state index contributed by atoms with van der Waals surface area (Å²) in [6.45, 7) is 42.3. The zero-order valence-corrected chi connectivity index (χ0v) is 34.5. The van der Waals surface area contributed by atoms with Crippen LogP contribution in [0, 0.1) is 0 Å². The van der Waals surface area contributed by atoms with Crippen molar-refractivity contribution in [1.82, 2.24) is 0 Å². The first-order valence-electron chi connectivity index (χ1n) is 17.2. The van der Waals surface area contributed by atoms with Crippen LogP contribution in [0.2, 0.25) is 0 Å². The molecule has 2 heteroatoms. The predicted octanol–water partition coefficient (Wildman–Crippen LogP) is 12.3. The molecule has 3 aromatic carbocycles. The third-order valence-corrected chi connectivity index (χ3v) is 11.1. The molecule has 0 nitrogen and oxygen atoms in total. The molecule has 3 aromatic rings. The van der Waals surface area contributed by atoms with Crippen LogP contribution in [0.5, 0.6) is 0 Å². The van der Waals surface area contributed by atoms with Crippen molar-refractivity contribution in [3.8, 4) is 0 Å². The largest absolute Gasteiger partial charge is 0.0672 e. The Bertz CT molecular complexity index is 1390. The van der Waals surface area contributed by atoms with Gasteiger partial charge in [0, 0.05) is 10.6 Å². The van der Waals surface area contributed by atoms with E-state index in [9.17, 15) is 0 Å². The first kappa shape index (κ1) is 38.4. The highest BCUT2D eigenvalue weighted by Crippen LogP contribution is 2.37. The van der Waals surface area contributed by atoms with Crippen LogP contribution in [-0.2, 0) is 32.5 Å². The number of benzene rings is 3. The molecule has 0 aliphatic carbocycles. The highest BCUT2D eigenvalue weighted by molar-refractivity contribution is 7.48. The summed E-state index contributed by atoms with van der Waals surface area (Å²) in [5.41, 5.74) is 11.8. The lowest BCUT2D eigenvalue weighted by atomic mass is 9.75. The Morgan fingerprint density at radius 1 is 0.348 bits per heavy atom. The van der Waals surface area contributed by atoms with Gasteiger partial charge < -0.3 is 0 Å². The molecular weight excluding hydrogens is 590 g/mol. The second kappa shape index (κ2) is 13.1. The summed E-state index contributed by atoms with van der Waals surface area (Å²) >= 11 is 0. The monoisotopic (exact) mass is 654 g/mol. The lowest BCUT2D eigenvalue weighted by molar-refractivity contribution is 0.553. The van der Waals surface area contributed by atoms with Gasteiger partial charge >= 0.3 is 0 Å². The predicted molar refractivity (Wildman–Crippen MR) is 215 cm³/mol. The van der Waals surface area contributed by atoms with Crippen molar-refractivity contribution in [2.24, 2.45) is 0 Å². The van der Waals surface area contributed by atoms with Gasteiger partial charge in [-0.3, -0.25) is 0 Å². The maximum Gasteiger partial charge on any atom is 0.00929 e. The van der Waals surface area contributed by atoms with Crippen LogP contribution in [-0.4, -0.2) is 11.6 Å². The molecule has 0 aromatic heterocycles. The van der Waals surface area contributed by atoms with Crippen LogP contribution in [0.15, 0.2) is 48.5 Å². The standard InChI is InChI=1S/C44H64P2/c1-39(2,3)31-23-33(41(7,8)9)37(34(24-31)42(10,11)12)45-27-29-19-21-30(22-20-29)28-46-38-35(43(13,14)15)25-32(40(4,5)6)26-36(38)44(16,17)18/h19-28H,1-18H3. The molecule has 3 rings (SSSR count). The molecular formula is C44H64P2. The minimum Gasteiger partial charge on any atom is -0.0672 e. The van der Waals surface area contributed by atoms with Crippen LogP contribution in [0.1, 0.15) is 169 Å². The summed E-state index contributed by atoms with van der Waals surface area (Å²) in [4.78, 5) is 0. The molecule has 0 heterocycles. The van der Waals surface area contributed by atoms with Crippen LogP contribution < -0.4 is 10.6 Å². The van der Waals surface area contributed by atoms with Crippen molar-refractivity contribution in [3.05, 3.63) is 93.0 Å². The molecule has 0 amide bonds. The lowest BCUT2D eigenvalue weighted by Crippen LogP contribution is -2.29. The average molecular weight is 655 g/mol. The van der Waals surface area contributed by atoms with Gasteiger partial charge in [-0.15, -0.1) is 0 Å². The van der Waals surface area contributed by atoms with Crippen LogP contribution in [0.4, 0.5) is 0 Å². The molecule has 46 heavy (non-hydrogen) atoms. The lowest BCUT2D eigenvalue weighted by Gasteiger charge is -2.32. The highest BCUT2D eigenvalue weighted by atomic mass is 31.1. The molecule has 0 spiro atoms. The number of hydrogen-bond donors (Lipinski definition) is 0. The molecule has 0 bridgehead atoms. The van der Waals surface area contributed by atoms with Crippen molar-refractivity contribution in [3.63, 3.8) is 0 Å². The van der Waals surface area contributed by atoms with Gasteiger partial charge in [-0.1, -0.05) is 190 Å². The van der Waals surface area contributed by atoms with Crippen LogP contribution >= 0.6 is 16.4 Å². The van der Waals surface area contributed by atoms with Gasteiger partial charge in [0.15, 0.2) is 0 Å². The van der Waals surface area contributed by atoms with E-state index in [-0.39, 0.29) is 32.5 Å². The van der Waals surface area contributed by atoms with Gasteiger partial charge in [0.05, 0.1) is 0 Å². The van der Waals surface area contributed by atoms with Crippen molar-refractivity contribution < 1.29 is 0 Å². The minimum absolute atomic E-state index is 0.0677. The van der Waals surface area contributed by atoms with Gasteiger partial charge in [0.25, 0.3) is 0 Å². The molecule has 0 radical (unpaired) electrons. The summed E-state index contributed by atoms with van der Waals surface area (Å²) in [6, 6.07) is 19.1. The second-order valence-corrected chi connectivity index (χ2v) is 21.5. The third kappa shape index (κ3) is 9.55. The third-order valence-electron chi connectivity index (χ3n) is 8.81. The van der Waals surface area contributed by atoms with Crippen molar-refractivity contribution >= 4 is 38.6 Å². The van der Waals surface area contributed by atoms with E-state index in [0.29, 0.717) is 0 Å². The number of hydrogen-bond acceptors (Lipinski definition) is 0. The van der Waals surface area contributed by atoms with E-state index < -0.39 is 0 Å². The summed E-state index contributed by atoms with van der Waals surface area (Å²) in [5.74, 6) is 4.80. The molecule has 0 N–H and O–H groups in total. The SMILES string of the molecule is CC(C)(C)c1cc(C(C)(C)C)c(P=Cc2ccc(C=Pc3c(C(C)(C)C)cc(C(C)(C)C)cc3C(C)(C)C)cc2)c(C(C)(C)C)c1. The van der Waals surface area contributed by atoms with E-state index >= 15 is 0 Å². The smallest absolute Gasteiger partial charge is 0.00929 e. The highest BCUT2D eigenvalue weighted by Gasteiger charge is 2.30. The van der Waals surface area contributed by atoms with E-state index in [1.54, 1.807) is 0 Å². The molecule has 0 fully saturated rings. The van der Waals surface area contributed by atoms with Crippen molar-refractivity contribution in [2.45, 2.75) is 157 Å². The van der Waals surface area contributed by atoms with Gasteiger partial charge in [-0.25, -0.2) is 0 Å².